The Kier molecular flexibility index (Phi) is 42.5. The number of hydrogen-bond donors (Lipinski definition) is 1. The number of carbonyl (C=O) groups excluding carboxylic acids is 2. The molecule has 2 unspecified atom stereocenters. The lowest BCUT2D eigenvalue weighted by Gasteiger charge is -2.19. The first-order valence-corrected chi connectivity index (χ1v) is 25.3. The van der Waals surface area contributed by atoms with Gasteiger partial charge in [-0.15, -0.1) is 0 Å². The molecule has 9 heteroatoms. The summed E-state index contributed by atoms with van der Waals surface area (Å²) < 4.78 is 32.7. The van der Waals surface area contributed by atoms with Crippen LogP contribution in [0, 0.1) is 0 Å². The Bertz CT molecular complexity index is 1030. The van der Waals surface area contributed by atoms with Crippen LogP contribution in [0.3, 0.4) is 0 Å². The highest BCUT2D eigenvalue weighted by atomic mass is 31.2. The largest absolute Gasteiger partial charge is 0.472 e. The zero-order valence-electron chi connectivity index (χ0n) is 37.2. The first kappa shape index (κ1) is 55.3. The first-order chi connectivity index (χ1) is 27.8. The van der Waals surface area contributed by atoms with Crippen LogP contribution in [0.1, 0.15) is 233 Å². The second-order valence-electron chi connectivity index (χ2n) is 15.8. The highest BCUT2D eigenvalue weighted by Crippen LogP contribution is 2.43. The fraction of sp³-hybridized carbons (Fsp3) is 0.833. The van der Waals surface area contributed by atoms with E-state index in [1.165, 1.54) is 135 Å². The average molecular weight is 825 g/mol. The minimum atomic E-state index is -4.29. The minimum absolute atomic E-state index is 0.00255. The monoisotopic (exact) mass is 825 g/mol. The number of carbonyl (C=O) groups is 2. The maximum absolute atomic E-state index is 12.6. The number of esters is 2. The summed E-state index contributed by atoms with van der Waals surface area (Å²) >= 11 is 0. The molecule has 0 saturated heterocycles. The van der Waals surface area contributed by atoms with E-state index in [1.54, 1.807) is 6.92 Å². The number of hydrogen-bond acceptors (Lipinski definition) is 7. The highest BCUT2D eigenvalue weighted by Gasteiger charge is 2.25. The van der Waals surface area contributed by atoms with E-state index in [0.29, 0.717) is 6.42 Å². The molecule has 0 amide bonds. The summed E-state index contributed by atoms with van der Waals surface area (Å²) in [4.78, 5) is 34.8. The third kappa shape index (κ3) is 43.7. The minimum Gasteiger partial charge on any atom is -0.462 e. The van der Waals surface area contributed by atoms with Crippen LogP contribution in [0.15, 0.2) is 36.5 Å². The highest BCUT2D eigenvalue weighted by molar-refractivity contribution is 7.47. The van der Waals surface area contributed by atoms with Crippen molar-refractivity contribution in [1.29, 1.82) is 0 Å². The summed E-state index contributed by atoms with van der Waals surface area (Å²) in [7, 11) is -4.29. The summed E-state index contributed by atoms with van der Waals surface area (Å²) in [6.45, 7) is 5.46. The van der Waals surface area contributed by atoms with Crippen molar-refractivity contribution in [1.82, 2.24) is 0 Å². The molecular weight excluding hydrogens is 735 g/mol. The van der Waals surface area contributed by atoms with Crippen molar-refractivity contribution in [3.8, 4) is 0 Å². The van der Waals surface area contributed by atoms with Crippen molar-refractivity contribution in [2.45, 2.75) is 239 Å². The van der Waals surface area contributed by atoms with Gasteiger partial charge in [0, 0.05) is 12.8 Å². The Morgan fingerprint density at radius 3 is 1.28 bits per heavy atom. The molecule has 57 heavy (non-hydrogen) atoms. The van der Waals surface area contributed by atoms with Gasteiger partial charge < -0.3 is 14.4 Å². The van der Waals surface area contributed by atoms with Gasteiger partial charge in [-0.1, -0.05) is 179 Å². The van der Waals surface area contributed by atoms with E-state index in [9.17, 15) is 19.0 Å². The SMILES string of the molecule is CCCCCC/C=C\C/C=C\CCCCCCCC(=O)OC(COC(=O)CCCCCCCCCCC/C=C\CCCCCCCCCC)COP(=O)(O)OCC. The standard InChI is InChI=1S/C48H89O8P/c1-4-7-9-11-13-15-17-19-21-23-24-25-26-27-29-30-32-34-36-38-40-42-47(49)53-44-46(45-55-57(51,52)54-6-3)56-48(50)43-41-39-37-35-33-31-28-22-20-18-16-14-12-10-8-5-2/h16,18,22-24,28,46H,4-15,17,19-21,25-27,29-45H2,1-3H3,(H,51,52)/b18-16-,24-23-,28-22-. The van der Waals surface area contributed by atoms with Gasteiger partial charge in [-0.25, -0.2) is 4.57 Å². The summed E-state index contributed by atoms with van der Waals surface area (Å²) in [5.41, 5.74) is 0. The second kappa shape index (κ2) is 43.8. The summed E-state index contributed by atoms with van der Waals surface area (Å²) in [6.07, 6.45) is 50.6. The molecule has 8 nitrogen and oxygen atoms in total. The molecule has 0 spiro atoms. The topological polar surface area (TPSA) is 108 Å². The van der Waals surface area contributed by atoms with Gasteiger partial charge in [0.1, 0.15) is 6.61 Å². The van der Waals surface area contributed by atoms with Crippen LogP contribution in [0.2, 0.25) is 0 Å². The third-order valence-electron chi connectivity index (χ3n) is 10.2. The molecule has 0 aliphatic rings. The van der Waals surface area contributed by atoms with Crippen molar-refractivity contribution >= 4 is 19.8 Å². The zero-order valence-corrected chi connectivity index (χ0v) is 38.1. The average Bonchev–Trinajstić information content (AvgIpc) is 3.19. The Hall–Kier alpha value is -1.73. The zero-order chi connectivity index (χ0) is 41.8. The van der Waals surface area contributed by atoms with Gasteiger partial charge in [0.2, 0.25) is 0 Å². The van der Waals surface area contributed by atoms with Gasteiger partial charge in [0.25, 0.3) is 0 Å². The lowest BCUT2D eigenvalue weighted by Crippen LogP contribution is -2.29. The molecule has 334 valence electrons. The van der Waals surface area contributed by atoms with E-state index in [-0.39, 0.29) is 32.0 Å². The van der Waals surface area contributed by atoms with E-state index in [2.05, 4.69) is 50.3 Å². The molecule has 0 fully saturated rings. The van der Waals surface area contributed by atoms with Crippen molar-refractivity contribution < 1.29 is 37.6 Å². The molecule has 0 aliphatic carbocycles. The fourth-order valence-electron chi connectivity index (χ4n) is 6.66. The lowest BCUT2D eigenvalue weighted by molar-refractivity contribution is -0.161. The van der Waals surface area contributed by atoms with E-state index in [4.69, 9.17) is 18.5 Å². The number of phosphoric ester groups is 1. The molecule has 0 bridgehead atoms. The lowest BCUT2D eigenvalue weighted by atomic mass is 10.1. The van der Waals surface area contributed by atoms with Crippen LogP contribution in [-0.2, 0) is 32.7 Å². The van der Waals surface area contributed by atoms with Crippen LogP contribution < -0.4 is 0 Å². The van der Waals surface area contributed by atoms with E-state index >= 15 is 0 Å². The maximum Gasteiger partial charge on any atom is 0.472 e. The van der Waals surface area contributed by atoms with Crippen LogP contribution in [-0.4, -0.2) is 42.8 Å². The van der Waals surface area contributed by atoms with Crippen molar-refractivity contribution in [2.24, 2.45) is 0 Å². The summed E-state index contributed by atoms with van der Waals surface area (Å²) in [5.74, 6) is -0.810. The predicted molar refractivity (Wildman–Crippen MR) is 239 cm³/mol. The molecule has 0 aromatic heterocycles. The Balaban J connectivity index is 4.02. The number of ether oxygens (including phenoxy) is 2. The molecule has 2 atom stereocenters. The van der Waals surface area contributed by atoms with E-state index < -0.39 is 26.5 Å². The number of allylic oxidation sites excluding steroid dienone is 6. The molecule has 0 radical (unpaired) electrons. The molecule has 0 saturated carbocycles. The molecule has 0 aliphatic heterocycles. The summed E-state index contributed by atoms with van der Waals surface area (Å²) in [5, 5.41) is 0. The van der Waals surface area contributed by atoms with Crippen LogP contribution in [0.25, 0.3) is 0 Å². The van der Waals surface area contributed by atoms with Crippen LogP contribution in [0.5, 0.6) is 0 Å². The van der Waals surface area contributed by atoms with E-state index in [1.807, 2.05) is 0 Å². The van der Waals surface area contributed by atoms with Crippen LogP contribution >= 0.6 is 7.82 Å². The van der Waals surface area contributed by atoms with Gasteiger partial charge in [-0.2, -0.15) is 0 Å². The summed E-state index contributed by atoms with van der Waals surface area (Å²) in [6, 6.07) is 0. The van der Waals surface area contributed by atoms with Gasteiger partial charge in [0.05, 0.1) is 13.2 Å². The third-order valence-corrected chi connectivity index (χ3v) is 11.2. The number of phosphoric acid groups is 1. The van der Waals surface area contributed by atoms with Gasteiger partial charge in [-0.05, 0) is 77.6 Å². The smallest absolute Gasteiger partial charge is 0.462 e. The molecule has 0 aromatic rings. The fourth-order valence-corrected chi connectivity index (χ4v) is 7.41. The maximum atomic E-state index is 12.6. The second-order valence-corrected chi connectivity index (χ2v) is 17.2. The number of unbranched alkanes of at least 4 members (excludes halogenated alkanes) is 26. The predicted octanol–water partition coefficient (Wildman–Crippen LogP) is 15.2. The quantitative estimate of drug-likeness (QED) is 0.0280. The van der Waals surface area contributed by atoms with E-state index in [0.717, 1.165) is 57.8 Å². The van der Waals surface area contributed by atoms with Gasteiger partial charge in [0.15, 0.2) is 6.10 Å². The van der Waals surface area contributed by atoms with Gasteiger partial charge >= 0.3 is 19.8 Å². The molecular formula is C48H89O8P. The number of rotatable bonds is 44. The molecule has 1 N–H and O–H groups in total. The van der Waals surface area contributed by atoms with Crippen molar-refractivity contribution in [2.75, 3.05) is 19.8 Å². The Morgan fingerprint density at radius 2 is 0.842 bits per heavy atom. The first-order valence-electron chi connectivity index (χ1n) is 23.8. The Morgan fingerprint density at radius 1 is 0.474 bits per heavy atom. The normalized spacial score (nSPS) is 13.5. The molecule has 0 aromatic carbocycles. The van der Waals surface area contributed by atoms with Crippen molar-refractivity contribution in [3.05, 3.63) is 36.5 Å². The molecule has 0 rings (SSSR count). The van der Waals surface area contributed by atoms with Crippen LogP contribution in [0.4, 0.5) is 0 Å². The molecule has 0 heterocycles. The Labute approximate surface area is 351 Å². The van der Waals surface area contributed by atoms with Gasteiger partial charge in [-0.3, -0.25) is 18.6 Å². The van der Waals surface area contributed by atoms with Crippen molar-refractivity contribution in [3.63, 3.8) is 0 Å².